The average molecular weight is 133 g/mol. The van der Waals surface area contributed by atoms with Crippen LogP contribution in [0.15, 0.2) is 0 Å². The van der Waals surface area contributed by atoms with Crippen molar-refractivity contribution in [3.05, 3.63) is 0 Å². The number of amides is 2. The minimum absolute atomic E-state index is 0.412. The third-order valence-electron chi connectivity index (χ3n) is 0.931. The molecule has 0 saturated carbocycles. The number of aliphatic hydroxyl groups is 1. The predicted octanol–water partition coefficient (Wildman–Crippen LogP) is -1.51. The van der Waals surface area contributed by atoms with Gasteiger partial charge in [-0.2, -0.15) is 0 Å². The molecule has 0 aliphatic rings. The molecule has 1 unspecified atom stereocenters. The molecular formula is C4H11N3O2. The van der Waals surface area contributed by atoms with E-state index in [1.807, 2.05) is 0 Å². The lowest BCUT2D eigenvalue weighted by Crippen LogP contribution is -2.46. The summed E-state index contributed by atoms with van der Waals surface area (Å²) in [4.78, 5) is 11.5. The summed E-state index contributed by atoms with van der Waals surface area (Å²) in [6, 6.07) is -0.412. The number of aliphatic hydroxyl groups excluding tert-OH is 1. The number of carbonyl (C=O) groups excluding carboxylic acids is 1. The van der Waals surface area contributed by atoms with Gasteiger partial charge in [0.15, 0.2) is 6.35 Å². The summed E-state index contributed by atoms with van der Waals surface area (Å²) in [5.74, 6) is 0. The first kappa shape index (κ1) is 8.19. The van der Waals surface area contributed by atoms with E-state index in [2.05, 4.69) is 5.32 Å². The molecule has 54 valence electrons. The molecular weight excluding hydrogens is 122 g/mol. The molecule has 0 aliphatic carbocycles. The topological polar surface area (TPSA) is 78.6 Å². The lowest BCUT2D eigenvalue weighted by molar-refractivity contribution is 0.0529. The van der Waals surface area contributed by atoms with Crippen molar-refractivity contribution in [3.8, 4) is 0 Å². The number of hydrogen-bond donors (Lipinski definition) is 3. The largest absolute Gasteiger partial charge is 0.361 e. The molecule has 0 aliphatic heterocycles. The van der Waals surface area contributed by atoms with Gasteiger partial charge in [-0.05, 0) is 0 Å². The van der Waals surface area contributed by atoms with Gasteiger partial charge >= 0.3 is 6.03 Å². The summed E-state index contributed by atoms with van der Waals surface area (Å²) in [5, 5.41) is 10.9. The van der Waals surface area contributed by atoms with E-state index in [9.17, 15) is 4.79 Å². The fourth-order valence-corrected chi connectivity index (χ4v) is 0.296. The molecule has 0 aromatic heterocycles. The third kappa shape index (κ3) is 2.29. The molecule has 0 heterocycles. The van der Waals surface area contributed by atoms with Gasteiger partial charge in [-0.1, -0.05) is 0 Å². The zero-order valence-corrected chi connectivity index (χ0v) is 5.46. The molecule has 0 aromatic rings. The highest BCUT2D eigenvalue weighted by Crippen LogP contribution is 1.82. The van der Waals surface area contributed by atoms with Crippen molar-refractivity contribution in [2.24, 2.45) is 5.73 Å². The van der Waals surface area contributed by atoms with Crippen LogP contribution >= 0.6 is 0 Å². The highest BCUT2D eigenvalue weighted by atomic mass is 16.3. The average Bonchev–Trinajstić information content (AvgIpc) is 1.84. The Bertz CT molecular complexity index is 104. The number of rotatable bonds is 1. The van der Waals surface area contributed by atoms with Gasteiger partial charge in [0, 0.05) is 14.1 Å². The normalized spacial score (nSPS) is 12.4. The van der Waals surface area contributed by atoms with Crippen molar-refractivity contribution in [1.82, 2.24) is 10.2 Å². The molecule has 9 heavy (non-hydrogen) atoms. The lowest BCUT2D eigenvalue weighted by Gasteiger charge is -2.18. The first-order valence-electron chi connectivity index (χ1n) is 2.47. The summed E-state index contributed by atoms with van der Waals surface area (Å²) in [6.45, 7) is 0. The van der Waals surface area contributed by atoms with E-state index in [0.29, 0.717) is 0 Å². The number of urea groups is 1. The quantitative estimate of drug-likeness (QED) is 0.380. The lowest BCUT2D eigenvalue weighted by atomic mass is 10.7. The summed E-state index contributed by atoms with van der Waals surface area (Å²) >= 11 is 0. The van der Waals surface area contributed by atoms with Gasteiger partial charge in [-0.25, -0.2) is 4.79 Å². The molecule has 5 heteroatoms. The van der Waals surface area contributed by atoms with Crippen molar-refractivity contribution in [1.29, 1.82) is 0 Å². The highest BCUT2D eigenvalue weighted by Gasteiger charge is 2.09. The van der Waals surface area contributed by atoms with E-state index in [0.717, 1.165) is 4.90 Å². The molecule has 0 spiro atoms. The van der Waals surface area contributed by atoms with Crippen LogP contribution in [-0.2, 0) is 0 Å². The zero-order valence-electron chi connectivity index (χ0n) is 5.46. The molecule has 0 saturated heterocycles. The van der Waals surface area contributed by atoms with Crippen LogP contribution in [0.1, 0.15) is 0 Å². The first-order valence-corrected chi connectivity index (χ1v) is 2.47. The molecule has 1 atom stereocenters. The van der Waals surface area contributed by atoms with E-state index in [4.69, 9.17) is 10.8 Å². The fraction of sp³-hybridized carbons (Fsp3) is 0.750. The van der Waals surface area contributed by atoms with Gasteiger partial charge in [0.1, 0.15) is 0 Å². The second-order valence-corrected chi connectivity index (χ2v) is 1.58. The molecule has 0 bridgehead atoms. The predicted molar refractivity (Wildman–Crippen MR) is 32.4 cm³/mol. The number of hydrogen-bond acceptors (Lipinski definition) is 3. The number of nitrogens with zero attached hydrogens (tertiary/aromatic N) is 1. The zero-order chi connectivity index (χ0) is 7.44. The maximum absolute atomic E-state index is 10.5. The van der Waals surface area contributed by atoms with Crippen LogP contribution in [0.5, 0.6) is 0 Å². The van der Waals surface area contributed by atoms with Crippen molar-refractivity contribution in [3.63, 3.8) is 0 Å². The van der Waals surface area contributed by atoms with Crippen molar-refractivity contribution in [2.45, 2.75) is 6.35 Å². The molecule has 0 radical (unpaired) electrons. The second-order valence-electron chi connectivity index (χ2n) is 1.58. The minimum Gasteiger partial charge on any atom is -0.361 e. The smallest absolute Gasteiger partial charge is 0.319 e. The van der Waals surface area contributed by atoms with Crippen LogP contribution in [0.4, 0.5) is 4.79 Å². The van der Waals surface area contributed by atoms with Gasteiger partial charge in [0.25, 0.3) is 0 Å². The summed E-state index contributed by atoms with van der Waals surface area (Å²) in [5.41, 5.74) is 4.93. The Labute approximate surface area is 53.4 Å². The van der Waals surface area contributed by atoms with Gasteiger partial charge in [0.2, 0.25) is 0 Å². The first-order chi connectivity index (χ1) is 4.09. The van der Waals surface area contributed by atoms with Crippen LogP contribution in [0.3, 0.4) is 0 Å². The van der Waals surface area contributed by atoms with Crippen molar-refractivity contribution < 1.29 is 9.90 Å². The Morgan fingerprint density at radius 2 is 2.33 bits per heavy atom. The van der Waals surface area contributed by atoms with Crippen molar-refractivity contribution in [2.75, 3.05) is 14.1 Å². The van der Waals surface area contributed by atoms with E-state index < -0.39 is 12.4 Å². The summed E-state index contributed by atoms with van der Waals surface area (Å²) < 4.78 is 0. The Morgan fingerprint density at radius 1 is 1.89 bits per heavy atom. The molecule has 0 rings (SSSR count). The number of nitrogens with one attached hydrogen (secondary N) is 1. The fourth-order valence-electron chi connectivity index (χ4n) is 0.296. The molecule has 2 amide bonds. The highest BCUT2D eigenvalue weighted by molar-refractivity contribution is 5.73. The Kier molecular flexibility index (Phi) is 2.97. The monoisotopic (exact) mass is 133 g/mol. The van der Waals surface area contributed by atoms with E-state index in [1.165, 1.54) is 14.1 Å². The number of carbonyl (C=O) groups is 1. The SMILES string of the molecule is CNC(=O)N(C)C(N)O. The molecule has 5 nitrogen and oxygen atoms in total. The standard InChI is InChI=1S/C4H11N3O2/c1-6-4(9)7(2)3(5)8/h3,8H,5H2,1-2H3,(H,6,9). The summed E-state index contributed by atoms with van der Waals surface area (Å²) in [6.07, 6.45) is -1.23. The summed E-state index contributed by atoms with van der Waals surface area (Å²) in [7, 11) is 2.85. The van der Waals surface area contributed by atoms with Crippen LogP contribution < -0.4 is 11.1 Å². The maximum Gasteiger partial charge on any atom is 0.319 e. The van der Waals surface area contributed by atoms with Crippen LogP contribution in [0.25, 0.3) is 0 Å². The van der Waals surface area contributed by atoms with Crippen LogP contribution in [0, 0.1) is 0 Å². The van der Waals surface area contributed by atoms with E-state index >= 15 is 0 Å². The molecule has 0 fully saturated rings. The van der Waals surface area contributed by atoms with Gasteiger partial charge in [-0.15, -0.1) is 0 Å². The van der Waals surface area contributed by atoms with Gasteiger partial charge in [0.05, 0.1) is 0 Å². The Balaban J connectivity index is 3.72. The third-order valence-corrected chi connectivity index (χ3v) is 0.931. The minimum atomic E-state index is -1.23. The number of nitrogens with two attached hydrogens (primary N) is 1. The van der Waals surface area contributed by atoms with Crippen LogP contribution in [-0.4, -0.2) is 36.5 Å². The Hall–Kier alpha value is -0.810. The molecule has 4 N–H and O–H groups in total. The van der Waals surface area contributed by atoms with E-state index in [1.54, 1.807) is 0 Å². The second kappa shape index (κ2) is 3.26. The van der Waals surface area contributed by atoms with E-state index in [-0.39, 0.29) is 0 Å². The maximum atomic E-state index is 10.5. The van der Waals surface area contributed by atoms with Gasteiger partial charge in [-0.3, -0.25) is 10.6 Å². The van der Waals surface area contributed by atoms with Crippen molar-refractivity contribution >= 4 is 6.03 Å². The van der Waals surface area contributed by atoms with Crippen LogP contribution in [0.2, 0.25) is 0 Å². The molecule has 0 aromatic carbocycles. The Morgan fingerprint density at radius 3 is 2.44 bits per heavy atom. The van der Waals surface area contributed by atoms with Gasteiger partial charge < -0.3 is 10.4 Å².